The van der Waals surface area contributed by atoms with Crippen molar-refractivity contribution in [1.82, 2.24) is 0 Å². The Kier molecular flexibility index (Phi) is 2.48. The maximum atomic E-state index is 13.4. The summed E-state index contributed by atoms with van der Waals surface area (Å²) in [6.07, 6.45) is 2.69. The summed E-state index contributed by atoms with van der Waals surface area (Å²) in [5.41, 5.74) is -0.768. The number of nitrogens with zero attached hydrogens (tertiary/aromatic N) is 1. The van der Waals surface area contributed by atoms with Crippen LogP contribution in [0.3, 0.4) is 0 Å². The van der Waals surface area contributed by atoms with Gasteiger partial charge in [0.25, 0.3) is 0 Å². The van der Waals surface area contributed by atoms with Crippen LogP contribution in [0.2, 0.25) is 0 Å². The predicted molar refractivity (Wildman–Crippen MR) is 50.1 cm³/mol. The van der Waals surface area contributed by atoms with E-state index in [0.717, 1.165) is 25.7 Å². The Bertz CT molecular complexity index is 259. The first-order chi connectivity index (χ1) is 6.70. The van der Waals surface area contributed by atoms with Crippen molar-refractivity contribution >= 4 is 0 Å². The number of hydrogen-bond acceptors (Lipinski definition) is 2. The number of fused-ring (bicyclic) bond motifs is 1. The van der Waals surface area contributed by atoms with Crippen LogP contribution < -0.4 is 0 Å². The topological polar surface area (TPSA) is 44.0 Å². The zero-order valence-electron chi connectivity index (χ0n) is 8.25. The van der Waals surface area contributed by atoms with Gasteiger partial charge in [0.1, 0.15) is 12.3 Å². The average molecular weight is 197 g/mol. The van der Waals surface area contributed by atoms with Crippen LogP contribution in [0.25, 0.3) is 0 Å². The molecule has 2 rings (SSSR count). The van der Waals surface area contributed by atoms with Crippen molar-refractivity contribution in [3.63, 3.8) is 0 Å². The monoisotopic (exact) mass is 197 g/mol. The maximum Gasteiger partial charge on any atom is 0.127 e. The van der Waals surface area contributed by atoms with Crippen molar-refractivity contribution in [2.75, 3.05) is 0 Å². The van der Waals surface area contributed by atoms with Crippen molar-refractivity contribution in [3.8, 4) is 6.07 Å². The molecule has 0 unspecified atom stereocenters. The molecule has 3 heteroatoms. The predicted octanol–water partition coefficient (Wildman–Crippen LogP) is 2.18. The number of halogens is 1. The Hall–Kier alpha value is -0.620. The number of rotatable bonds is 0. The van der Waals surface area contributed by atoms with E-state index in [-0.39, 0.29) is 5.92 Å². The van der Waals surface area contributed by atoms with Gasteiger partial charge in [-0.3, -0.25) is 0 Å². The van der Waals surface area contributed by atoms with E-state index in [4.69, 9.17) is 0 Å². The second-order valence-corrected chi connectivity index (χ2v) is 4.63. The minimum absolute atomic E-state index is 0.225. The zero-order chi connectivity index (χ0) is 10.2. The molecule has 78 valence electrons. The Morgan fingerprint density at radius 2 is 2.07 bits per heavy atom. The lowest BCUT2D eigenvalue weighted by Gasteiger charge is -2.46. The van der Waals surface area contributed by atoms with Crippen molar-refractivity contribution < 1.29 is 9.50 Å². The summed E-state index contributed by atoms with van der Waals surface area (Å²) >= 11 is 0. The second kappa shape index (κ2) is 3.51. The molecule has 2 fully saturated rings. The van der Waals surface area contributed by atoms with Gasteiger partial charge >= 0.3 is 0 Å². The molecule has 0 heterocycles. The number of aliphatic hydroxyl groups is 1. The maximum absolute atomic E-state index is 13.4. The molecular weight excluding hydrogens is 181 g/mol. The van der Waals surface area contributed by atoms with Gasteiger partial charge in [-0.25, -0.2) is 4.39 Å². The summed E-state index contributed by atoms with van der Waals surface area (Å²) in [5, 5.41) is 19.0. The zero-order valence-corrected chi connectivity index (χ0v) is 8.25. The molecular formula is C11H16FNO. The van der Waals surface area contributed by atoms with Gasteiger partial charge in [0.05, 0.1) is 11.5 Å². The van der Waals surface area contributed by atoms with Crippen molar-refractivity contribution in [3.05, 3.63) is 0 Å². The molecule has 0 saturated heterocycles. The smallest absolute Gasteiger partial charge is 0.127 e. The van der Waals surface area contributed by atoms with Crippen LogP contribution in [0.4, 0.5) is 4.39 Å². The fraction of sp³-hybridized carbons (Fsp3) is 0.909. The Morgan fingerprint density at radius 3 is 2.79 bits per heavy atom. The van der Waals surface area contributed by atoms with Crippen LogP contribution >= 0.6 is 0 Å². The van der Waals surface area contributed by atoms with Gasteiger partial charge in [0.2, 0.25) is 0 Å². The first-order valence-corrected chi connectivity index (χ1v) is 5.44. The van der Waals surface area contributed by atoms with E-state index in [2.05, 4.69) is 6.07 Å². The fourth-order valence-corrected chi connectivity index (χ4v) is 3.12. The molecule has 0 amide bonds. The number of aliphatic hydroxyl groups excluding tert-OH is 1. The van der Waals surface area contributed by atoms with Gasteiger partial charge in [-0.1, -0.05) is 12.8 Å². The molecule has 14 heavy (non-hydrogen) atoms. The van der Waals surface area contributed by atoms with Crippen LogP contribution in [0, 0.1) is 22.7 Å². The lowest BCUT2D eigenvalue weighted by Crippen LogP contribution is -2.51. The largest absolute Gasteiger partial charge is 0.388 e. The SMILES string of the molecule is N#C[C@]12CCCC[C@@H]1CC[C@H](F)[C@H]2O. The molecule has 4 atom stereocenters. The number of alkyl halides is 1. The number of nitriles is 1. The van der Waals surface area contributed by atoms with E-state index in [9.17, 15) is 14.8 Å². The van der Waals surface area contributed by atoms with E-state index in [1.54, 1.807) is 0 Å². The van der Waals surface area contributed by atoms with Crippen molar-refractivity contribution in [2.45, 2.75) is 50.8 Å². The standard InChI is InChI=1S/C11H16FNO/c12-9-5-4-8-3-1-2-6-11(8,7-13)10(9)14/h8-10,14H,1-6H2/t8-,9+,10-,11-/m1/s1. The summed E-state index contributed by atoms with van der Waals surface area (Å²) in [6, 6.07) is 2.21. The minimum atomic E-state index is -1.19. The second-order valence-electron chi connectivity index (χ2n) is 4.63. The summed E-state index contributed by atoms with van der Waals surface area (Å²) < 4.78 is 13.4. The number of hydrogen-bond donors (Lipinski definition) is 1. The van der Waals surface area contributed by atoms with E-state index in [1.807, 2.05) is 0 Å². The highest BCUT2D eigenvalue weighted by molar-refractivity contribution is 5.12. The summed E-state index contributed by atoms with van der Waals surface area (Å²) in [4.78, 5) is 0. The van der Waals surface area contributed by atoms with E-state index < -0.39 is 17.7 Å². The van der Waals surface area contributed by atoms with Crippen LogP contribution in [0.5, 0.6) is 0 Å². The highest BCUT2D eigenvalue weighted by Crippen LogP contribution is 2.50. The van der Waals surface area contributed by atoms with Crippen LogP contribution in [-0.4, -0.2) is 17.4 Å². The normalized spacial score (nSPS) is 47.9. The van der Waals surface area contributed by atoms with Crippen molar-refractivity contribution in [2.24, 2.45) is 11.3 Å². The van der Waals surface area contributed by atoms with Gasteiger partial charge in [0, 0.05) is 0 Å². The van der Waals surface area contributed by atoms with E-state index in [1.165, 1.54) is 0 Å². The van der Waals surface area contributed by atoms with Crippen LogP contribution in [-0.2, 0) is 0 Å². The Balaban J connectivity index is 2.28. The summed E-state index contributed by atoms with van der Waals surface area (Å²) in [5.74, 6) is 0.225. The minimum Gasteiger partial charge on any atom is -0.388 e. The van der Waals surface area contributed by atoms with E-state index >= 15 is 0 Å². The fourth-order valence-electron chi connectivity index (χ4n) is 3.12. The molecule has 1 N–H and O–H groups in total. The van der Waals surface area contributed by atoms with Gasteiger partial charge in [-0.2, -0.15) is 5.26 Å². The lowest BCUT2D eigenvalue weighted by atomic mass is 9.58. The molecule has 0 bridgehead atoms. The molecule has 2 saturated carbocycles. The van der Waals surface area contributed by atoms with Gasteiger partial charge in [0.15, 0.2) is 0 Å². The summed E-state index contributed by atoms with van der Waals surface area (Å²) in [6.45, 7) is 0. The molecule has 0 spiro atoms. The first kappa shape index (κ1) is 9.92. The third-order valence-corrected chi connectivity index (χ3v) is 3.99. The third kappa shape index (κ3) is 1.25. The molecule has 2 nitrogen and oxygen atoms in total. The first-order valence-electron chi connectivity index (χ1n) is 5.44. The van der Waals surface area contributed by atoms with Crippen LogP contribution in [0.1, 0.15) is 38.5 Å². The molecule has 2 aliphatic carbocycles. The quantitative estimate of drug-likeness (QED) is 0.646. The van der Waals surface area contributed by atoms with Gasteiger partial charge in [-0.15, -0.1) is 0 Å². The molecule has 0 aromatic heterocycles. The molecule has 0 aliphatic heterocycles. The summed E-state index contributed by atoms with van der Waals surface area (Å²) in [7, 11) is 0. The molecule has 0 aromatic rings. The van der Waals surface area contributed by atoms with Gasteiger partial charge < -0.3 is 5.11 Å². The lowest BCUT2D eigenvalue weighted by molar-refractivity contribution is -0.0849. The molecule has 0 radical (unpaired) electrons. The van der Waals surface area contributed by atoms with E-state index in [0.29, 0.717) is 12.8 Å². The molecule has 0 aromatic carbocycles. The molecule has 2 aliphatic rings. The highest BCUT2D eigenvalue weighted by Gasteiger charge is 2.52. The average Bonchev–Trinajstić information content (AvgIpc) is 2.24. The van der Waals surface area contributed by atoms with Gasteiger partial charge in [-0.05, 0) is 31.6 Å². The van der Waals surface area contributed by atoms with Crippen LogP contribution in [0.15, 0.2) is 0 Å². The Labute approximate surface area is 83.7 Å². The third-order valence-electron chi connectivity index (χ3n) is 3.99. The Morgan fingerprint density at radius 1 is 1.29 bits per heavy atom. The highest BCUT2D eigenvalue weighted by atomic mass is 19.1. The van der Waals surface area contributed by atoms with Crippen molar-refractivity contribution in [1.29, 1.82) is 5.26 Å².